The van der Waals surface area contributed by atoms with Crippen LogP contribution in [0, 0.1) is 0 Å². The summed E-state index contributed by atoms with van der Waals surface area (Å²) in [6, 6.07) is 10.7. The van der Waals surface area contributed by atoms with Crippen LogP contribution in [-0.4, -0.2) is 10.6 Å². The van der Waals surface area contributed by atoms with Gasteiger partial charge in [-0.05, 0) is 43.3 Å². The lowest BCUT2D eigenvalue weighted by Crippen LogP contribution is -2.18. The molecule has 0 unspecified atom stereocenters. The number of hydrogen-bond acceptors (Lipinski definition) is 5. The maximum atomic E-state index is 5.85. The summed E-state index contributed by atoms with van der Waals surface area (Å²) in [6.45, 7) is 8.50. The average Bonchev–Trinajstić information content (AvgIpc) is 3.24. The summed E-state index contributed by atoms with van der Waals surface area (Å²) in [5.74, 6) is 0. The summed E-state index contributed by atoms with van der Waals surface area (Å²) in [5.41, 5.74) is 4.68. The maximum Gasteiger partial charge on any atom is 0.124 e. The monoisotopic (exact) mass is 372 g/mol. The summed E-state index contributed by atoms with van der Waals surface area (Å²) >= 11 is 3.41. The van der Waals surface area contributed by atoms with Crippen molar-refractivity contribution >= 4 is 22.7 Å². The van der Waals surface area contributed by atoms with Crippen LogP contribution in [0.5, 0.6) is 0 Å². The summed E-state index contributed by atoms with van der Waals surface area (Å²) in [7, 11) is 0. The molecule has 0 atom stereocenters. The van der Waals surface area contributed by atoms with Crippen LogP contribution in [0.3, 0.4) is 0 Å². The second-order valence-corrected chi connectivity index (χ2v) is 8.62. The molecule has 2 heterocycles. The highest BCUT2D eigenvalue weighted by Crippen LogP contribution is 2.25. The van der Waals surface area contributed by atoms with Crippen LogP contribution >= 0.6 is 22.7 Å². The Hall–Kier alpha value is -1.53. The fraction of sp³-hybridized carbons (Fsp3) is 0.350. The van der Waals surface area contributed by atoms with Crippen molar-refractivity contribution in [3.8, 4) is 10.6 Å². The molecule has 0 amide bonds. The summed E-state index contributed by atoms with van der Waals surface area (Å²) in [4.78, 5) is 4.70. The number of nitrogens with one attached hydrogen (secondary N) is 1. The van der Waals surface area contributed by atoms with Gasteiger partial charge in [0.1, 0.15) is 5.01 Å². The predicted octanol–water partition coefficient (Wildman–Crippen LogP) is 5.48. The van der Waals surface area contributed by atoms with Gasteiger partial charge in [-0.1, -0.05) is 24.3 Å². The first-order chi connectivity index (χ1) is 12.0. The van der Waals surface area contributed by atoms with E-state index in [1.54, 1.807) is 22.7 Å². The Bertz CT molecular complexity index is 788. The van der Waals surface area contributed by atoms with E-state index < -0.39 is 0 Å². The molecule has 3 rings (SSSR count). The third-order valence-corrected chi connectivity index (χ3v) is 5.24. The highest BCUT2D eigenvalue weighted by Gasteiger charge is 2.10. The third-order valence-electron chi connectivity index (χ3n) is 3.62. The zero-order valence-electron chi connectivity index (χ0n) is 14.9. The molecule has 2 aromatic heterocycles. The maximum absolute atomic E-state index is 5.85. The molecular formula is C20H24N2OS2. The van der Waals surface area contributed by atoms with E-state index in [2.05, 4.69) is 72.6 Å². The Morgan fingerprint density at radius 2 is 1.92 bits per heavy atom. The van der Waals surface area contributed by atoms with Gasteiger partial charge in [-0.15, -0.1) is 11.3 Å². The number of thiophene rings is 1. The molecule has 1 N–H and O–H groups in total. The molecule has 25 heavy (non-hydrogen) atoms. The van der Waals surface area contributed by atoms with Crippen molar-refractivity contribution in [3.63, 3.8) is 0 Å². The molecular weight excluding hydrogens is 348 g/mol. The molecule has 0 bridgehead atoms. The number of aromatic nitrogens is 1. The quantitative estimate of drug-likeness (QED) is 0.596. The molecule has 0 radical (unpaired) electrons. The van der Waals surface area contributed by atoms with Crippen LogP contribution in [0.4, 0.5) is 0 Å². The largest absolute Gasteiger partial charge is 0.371 e. The molecule has 0 aliphatic rings. The molecule has 0 aliphatic heterocycles. The second-order valence-electron chi connectivity index (χ2n) is 6.98. The van der Waals surface area contributed by atoms with Crippen molar-refractivity contribution in [2.45, 2.75) is 46.1 Å². The molecule has 3 nitrogen and oxygen atoms in total. The molecule has 0 aliphatic carbocycles. The van der Waals surface area contributed by atoms with Crippen molar-refractivity contribution in [3.05, 3.63) is 63.3 Å². The van der Waals surface area contributed by atoms with Crippen LogP contribution in [0.25, 0.3) is 10.6 Å². The van der Waals surface area contributed by atoms with Crippen LogP contribution in [0.2, 0.25) is 0 Å². The van der Waals surface area contributed by atoms with Gasteiger partial charge in [-0.3, -0.25) is 0 Å². The number of benzene rings is 1. The lowest BCUT2D eigenvalue weighted by Gasteiger charge is -2.19. The van der Waals surface area contributed by atoms with Crippen LogP contribution < -0.4 is 5.32 Å². The van der Waals surface area contributed by atoms with Gasteiger partial charge in [0.15, 0.2) is 0 Å². The van der Waals surface area contributed by atoms with Crippen LogP contribution in [0.1, 0.15) is 37.6 Å². The van der Waals surface area contributed by atoms with E-state index in [9.17, 15) is 0 Å². The van der Waals surface area contributed by atoms with Gasteiger partial charge in [0.25, 0.3) is 0 Å². The van der Waals surface area contributed by atoms with E-state index >= 15 is 0 Å². The number of ether oxygens (including phenoxy) is 1. The van der Waals surface area contributed by atoms with Crippen molar-refractivity contribution in [1.82, 2.24) is 10.3 Å². The zero-order valence-corrected chi connectivity index (χ0v) is 16.5. The molecule has 132 valence electrons. The minimum Gasteiger partial charge on any atom is -0.371 e. The lowest BCUT2D eigenvalue weighted by molar-refractivity contribution is -0.0149. The standard InChI is InChI=1S/C20H24N2OS2/c1-20(2,3)23-12-16-6-4-5-15(9-16)10-21-11-18-14-25-19(22-18)17-7-8-24-13-17/h4-9,13-14,21H,10-12H2,1-3H3. The second kappa shape index (κ2) is 8.23. The first-order valence-corrected chi connectivity index (χ1v) is 10.2. The van der Waals surface area contributed by atoms with Crippen LogP contribution in [-0.2, 0) is 24.4 Å². The van der Waals surface area contributed by atoms with Crippen molar-refractivity contribution < 1.29 is 4.74 Å². The van der Waals surface area contributed by atoms with Gasteiger partial charge < -0.3 is 10.1 Å². The summed E-state index contributed by atoms with van der Waals surface area (Å²) in [5, 5.41) is 10.9. The van der Waals surface area contributed by atoms with Gasteiger partial charge in [0, 0.05) is 29.4 Å². The van der Waals surface area contributed by atoms with Gasteiger partial charge in [-0.2, -0.15) is 11.3 Å². The minimum atomic E-state index is -0.112. The first kappa shape index (κ1) is 18.3. The number of nitrogens with zero attached hydrogens (tertiary/aromatic N) is 1. The Balaban J connectivity index is 1.50. The molecule has 0 spiro atoms. The van der Waals surface area contributed by atoms with E-state index in [0.717, 1.165) is 23.8 Å². The Morgan fingerprint density at radius 1 is 1.08 bits per heavy atom. The normalized spacial score (nSPS) is 11.8. The number of thiazole rings is 1. The highest BCUT2D eigenvalue weighted by atomic mass is 32.1. The SMILES string of the molecule is CC(C)(C)OCc1cccc(CNCc2csc(-c3ccsc3)n2)c1. The van der Waals surface area contributed by atoms with E-state index in [1.165, 1.54) is 16.7 Å². The first-order valence-electron chi connectivity index (χ1n) is 8.39. The number of rotatable bonds is 7. The smallest absolute Gasteiger partial charge is 0.124 e. The van der Waals surface area contributed by atoms with Crippen molar-refractivity contribution in [2.24, 2.45) is 0 Å². The van der Waals surface area contributed by atoms with Crippen LogP contribution in [0.15, 0.2) is 46.5 Å². The van der Waals surface area contributed by atoms with Crippen molar-refractivity contribution in [2.75, 3.05) is 0 Å². The summed E-state index contributed by atoms with van der Waals surface area (Å²) < 4.78 is 5.85. The highest BCUT2D eigenvalue weighted by molar-refractivity contribution is 7.14. The molecule has 0 saturated carbocycles. The predicted molar refractivity (Wildman–Crippen MR) is 107 cm³/mol. The lowest BCUT2D eigenvalue weighted by atomic mass is 10.1. The fourth-order valence-corrected chi connectivity index (χ4v) is 3.90. The number of hydrogen-bond donors (Lipinski definition) is 1. The molecule has 5 heteroatoms. The van der Waals surface area contributed by atoms with E-state index in [4.69, 9.17) is 9.72 Å². The van der Waals surface area contributed by atoms with E-state index in [-0.39, 0.29) is 5.60 Å². The van der Waals surface area contributed by atoms with Gasteiger partial charge >= 0.3 is 0 Å². The van der Waals surface area contributed by atoms with Crippen molar-refractivity contribution in [1.29, 1.82) is 0 Å². The van der Waals surface area contributed by atoms with Gasteiger partial charge in [0.05, 0.1) is 17.9 Å². The average molecular weight is 373 g/mol. The Kier molecular flexibility index (Phi) is 6.02. The third kappa shape index (κ3) is 5.75. The van der Waals surface area contributed by atoms with Gasteiger partial charge in [-0.25, -0.2) is 4.98 Å². The summed E-state index contributed by atoms with van der Waals surface area (Å²) in [6.07, 6.45) is 0. The van der Waals surface area contributed by atoms with Gasteiger partial charge in [0.2, 0.25) is 0 Å². The molecule has 3 aromatic rings. The minimum absolute atomic E-state index is 0.112. The molecule has 0 fully saturated rings. The van der Waals surface area contributed by atoms with E-state index in [0.29, 0.717) is 6.61 Å². The molecule has 0 saturated heterocycles. The molecule has 1 aromatic carbocycles. The topological polar surface area (TPSA) is 34.1 Å². The Labute approximate surface area is 157 Å². The Morgan fingerprint density at radius 3 is 2.68 bits per heavy atom. The zero-order chi connectivity index (χ0) is 17.7. The van der Waals surface area contributed by atoms with E-state index in [1.807, 2.05) is 0 Å². The fourth-order valence-electron chi connectivity index (χ4n) is 2.37.